The third-order valence-electron chi connectivity index (χ3n) is 5.98. The molecular weight excluding hydrogens is 454 g/mol. The van der Waals surface area contributed by atoms with Gasteiger partial charge in [0.05, 0.1) is 0 Å². The van der Waals surface area contributed by atoms with Crippen molar-refractivity contribution in [1.82, 2.24) is 5.06 Å². The molecule has 10 heteroatoms. The molecular formula is C25H25N3O7. The summed E-state index contributed by atoms with van der Waals surface area (Å²) in [5.74, 6) is -1.65. The van der Waals surface area contributed by atoms with Crippen LogP contribution in [-0.2, 0) is 30.4 Å². The summed E-state index contributed by atoms with van der Waals surface area (Å²) in [6.45, 7) is 1.97. The van der Waals surface area contributed by atoms with Crippen LogP contribution >= 0.6 is 0 Å². The Kier molecular flexibility index (Phi) is 7.19. The zero-order valence-electron chi connectivity index (χ0n) is 19.2. The maximum atomic E-state index is 12.4. The van der Waals surface area contributed by atoms with Crippen LogP contribution in [0.2, 0.25) is 0 Å². The number of hydrogen-bond donors (Lipinski definition) is 1. The first kappa shape index (κ1) is 24.1. The molecule has 1 N–H and O–H groups in total. The molecule has 2 heterocycles. The number of benzene rings is 2. The van der Waals surface area contributed by atoms with Crippen molar-refractivity contribution in [2.45, 2.75) is 57.8 Å². The number of carbonyl (C=O) groups excluding carboxylic acids is 3. The highest BCUT2D eigenvalue weighted by Gasteiger charge is 2.34. The van der Waals surface area contributed by atoms with Crippen LogP contribution in [0.1, 0.15) is 62.5 Å². The number of carboxylic acids is 1. The summed E-state index contributed by atoms with van der Waals surface area (Å²) in [4.78, 5) is 52.0. The lowest BCUT2D eigenvalue weighted by atomic mass is 9.87. The van der Waals surface area contributed by atoms with Crippen molar-refractivity contribution in [3.8, 4) is 11.5 Å². The van der Waals surface area contributed by atoms with Gasteiger partial charge in [0.15, 0.2) is 0 Å². The Morgan fingerprint density at radius 2 is 1.74 bits per heavy atom. The summed E-state index contributed by atoms with van der Waals surface area (Å²) in [5, 5.41) is 18.0. The maximum Gasteiger partial charge on any atom is 0.333 e. The molecule has 2 aromatic rings. The lowest BCUT2D eigenvalue weighted by molar-refractivity contribution is -0.197. The summed E-state index contributed by atoms with van der Waals surface area (Å²) >= 11 is 0. The molecule has 1 saturated heterocycles. The summed E-state index contributed by atoms with van der Waals surface area (Å²) in [7, 11) is 0. The zero-order valence-corrected chi connectivity index (χ0v) is 19.2. The van der Waals surface area contributed by atoms with Crippen LogP contribution in [0.3, 0.4) is 0 Å². The fourth-order valence-corrected chi connectivity index (χ4v) is 4.15. The molecule has 2 aromatic carbocycles. The first-order valence-electron chi connectivity index (χ1n) is 11.5. The van der Waals surface area contributed by atoms with Gasteiger partial charge in [-0.05, 0) is 48.9 Å². The smallest absolute Gasteiger partial charge is 0.333 e. The number of para-hydroxylation sites is 1. The Labute approximate surface area is 201 Å². The first-order chi connectivity index (χ1) is 16.9. The topological polar surface area (TPSA) is 135 Å². The van der Waals surface area contributed by atoms with E-state index in [1.165, 1.54) is 0 Å². The lowest BCUT2D eigenvalue weighted by Crippen LogP contribution is -2.32. The molecule has 1 unspecified atom stereocenters. The highest BCUT2D eigenvalue weighted by molar-refractivity contribution is 6.01. The summed E-state index contributed by atoms with van der Waals surface area (Å²) in [6, 6.07) is 11.0. The van der Waals surface area contributed by atoms with Crippen molar-refractivity contribution >= 4 is 35.1 Å². The van der Waals surface area contributed by atoms with Gasteiger partial charge in [0.1, 0.15) is 22.9 Å². The van der Waals surface area contributed by atoms with Crippen molar-refractivity contribution < 1.29 is 33.9 Å². The van der Waals surface area contributed by atoms with Gasteiger partial charge in [-0.3, -0.25) is 14.4 Å². The first-order valence-corrected chi connectivity index (χ1v) is 11.5. The molecule has 10 nitrogen and oxygen atoms in total. The van der Waals surface area contributed by atoms with Gasteiger partial charge in [0, 0.05) is 31.2 Å². The van der Waals surface area contributed by atoms with Crippen LogP contribution in [-0.4, -0.2) is 33.9 Å². The number of carboxylic acid groups (broad SMARTS) is 1. The third kappa shape index (κ3) is 5.37. The molecule has 2 aliphatic heterocycles. The van der Waals surface area contributed by atoms with E-state index < -0.39 is 23.8 Å². The molecule has 182 valence electrons. The van der Waals surface area contributed by atoms with Gasteiger partial charge >= 0.3 is 11.9 Å². The second kappa shape index (κ2) is 10.5. The molecule has 0 aromatic heterocycles. The number of rotatable bonds is 11. The van der Waals surface area contributed by atoms with Crippen molar-refractivity contribution in [3.05, 3.63) is 47.5 Å². The van der Waals surface area contributed by atoms with Crippen LogP contribution in [0.4, 0.5) is 11.4 Å². The second-order valence-electron chi connectivity index (χ2n) is 8.34. The van der Waals surface area contributed by atoms with E-state index in [4.69, 9.17) is 14.7 Å². The van der Waals surface area contributed by atoms with Crippen LogP contribution < -0.4 is 4.74 Å². The second-order valence-corrected chi connectivity index (χ2v) is 8.34. The minimum atomic E-state index is -0.912. The fourth-order valence-electron chi connectivity index (χ4n) is 4.15. The van der Waals surface area contributed by atoms with Gasteiger partial charge in [-0.1, -0.05) is 25.1 Å². The van der Waals surface area contributed by atoms with Crippen LogP contribution in [0.15, 0.2) is 46.6 Å². The molecule has 0 spiro atoms. The summed E-state index contributed by atoms with van der Waals surface area (Å²) in [5.41, 5.74) is 2.77. The lowest BCUT2D eigenvalue weighted by Gasteiger charge is -2.26. The van der Waals surface area contributed by atoms with E-state index in [-0.39, 0.29) is 38.0 Å². The summed E-state index contributed by atoms with van der Waals surface area (Å²) < 4.78 is 6.19. The number of amides is 2. The Morgan fingerprint density at radius 3 is 2.34 bits per heavy atom. The quantitative estimate of drug-likeness (QED) is 0.378. The molecule has 1 atom stereocenters. The van der Waals surface area contributed by atoms with E-state index >= 15 is 0 Å². The van der Waals surface area contributed by atoms with Gasteiger partial charge in [-0.2, -0.15) is 0 Å². The predicted octanol–water partition coefficient (Wildman–Crippen LogP) is 5.11. The molecule has 0 radical (unpaired) electrons. The van der Waals surface area contributed by atoms with Crippen molar-refractivity contribution in [2.75, 3.05) is 0 Å². The number of hydroxylamine groups is 2. The molecule has 2 aliphatic rings. The van der Waals surface area contributed by atoms with Crippen LogP contribution in [0.5, 0.6) is 11.5 Å². The minimum absolute atomic E-state index is 0.0208. The molecule has 0 saturated carbocycles. The van der Waals surface area contributed by atoms with Crippen molar-refractivity contribution in [2.24, 2.45) is 10.2 Å². The zero-order chi connectivity index (χ0) is 24.9. The highest BCUT2D eigenvalue weighted by atomic mass is 16.7. The standard InChI is InChI=1S/C25H25N3O7/c1-2-15(9-13-22(33)35-28-19(29)10-11-20(28)30)23-18(34-17-6-4-3-5-7-17)14-16(8-12-21(31)32)24-25(23)27-26-24/h3-7,14-15H,2,8-13H2,1H3,(H,31,32). The van der Waals surface area contributed by atoms with Gasteiger partial charge in [-0.25, -0.2) is 4.79 Å². The molecule has 4 rings (SSSR count). The van der Waals surface area contributed by atoms with E-state index in [1.54, 1.807) is 6.07 Å². The Balaban J connectivity index is 1.58. The van der Waals surface area contributed by atoms with Crippen LogP contribution in [0, 0.1) is 0 Å². The van der Waals surface area contributed by atoms with Gasteiger partial charge in [0.25, 0.3) is 11.8 Å². The normalized spacial score (nSPS) is 14.9. The number of azo groups is 1. The number of ether oxygens (including phenoxy) is 1. The molecule has 1 fully saturated rings. The highest BCUT2D eigenvalue weighted by Crippen LogP contribution is 2.52. The van der Waals surface area contributed by atoms with Crippen molar-refractivity contribution in [1.29, 1.82) is 0 Å². The number of hydrogen-bond acceptors (Lipinski definition) is 8. The molecule has 0 bridgehead atoms. The largest absolute Gasteiger partial charge is 0.481 e. The number of aliphatic carboxylic acids is 1. The summed E-state index contributed by atoms with van der Waals surface area (Å²) in [6.07, 6.45) is 1.30. The Hall–Kier alpha value is -4.08. The van der Waals surface area contributed by atoms with E-state index in [1.807, 2.05) is 37.3 Å². The monoisotopic (exact) mass is 479 g/mol. The third-order valence-corrected chi connectivity index (χ3v) is 5.98. The molecule has 35 heavy (non-hydrogen) atoms. The number of nitrogens with zero attached hydrogens (tertiary/aromatic N) is 3. The Bertz CT molecular complexity index is 1180. The number of carbonyl (C=O) groups is 4. The molecule has 0 aliphatic carbocycles. The van der Waals surface area contributed by atoms with Gasteiger partial charge in [0.2, 0.25) is 0 Å². The van der Waals surface area contributed by atoms with Gasteiger partial charge < -0.3 is 14.7 Å². The number of aryl methyl sites for hydroxylation is 1. The fraction of sp³-hybridized carbons (Fsp3) is 0.360. The molecule has 2 amide bonds. The Morgan fingerprint density at radius 1 is 1.06 bits per heavy atom. The van der Waals surface area contributed by atoms with E-state index in [9.17, 15) is 19.2 Å². The van der Waals surface area contributed by atoms with E-state index in [0.29, 0.717) is 40.8 Å². The number of imide groups is 1. The van der Waals surface area contributed by atoms with Crippen molar-refractivity contribution in [3.63, 3.8) is 0 Å². The SMILES string of the molecule is CCC(CCC(=O)ON1C(=O)CCC1=O)c1c(Oc2ccccc2)cc(CCC(=O)O)c2c1N=N2. The van der Waals surface area contributed by atoms with E-state index in [0.717, 1.165) is 11.1 Å². The van der Waals surface area contributed by atoms with Gasteiger partial charge in [-0.15, -0.1) is 15.3 Å². The van der Waals surface area contributed by atoms with Crippen LogP contribution in [0.25, 0.3) is 0 Å². The average Bonchev–Trinajstić information content (AvgIpc) is 3.12. The predicted molar refractivity (Wildman–Crippen MR) is 123 cm³/mol. The average molecular weight is 479 g/mol. The maximum absolute atomic E-state index is 12.4. The van der Waals surface area contributed by atoms with E-state index in [2.05, 4.69) is 10.2 Å². The number of fused-ring (bicyclic) bond motifs is 1. The minimum Gasteiger partial charge on any atom is -0.481 e.